The normalized spacial score (nSPS) is 11.3. The minimum atomic E-state index is -0.118. The Morgan fingerprint density at radius 1 is 1.50 bits per heavy atom. The number of aryl methyl sites for hydroxylation is 1. The molecule has 0 N–H and O–H groups in total. The monoisotopic (exact) mass is 216 g/mol. The third-order valence-electron chi connectivity index (χ3n) is 2.32. The van der Waals surface area contributed by atoms with Crippen LogP contribution in [0.15, 0.2) is 41.9 Å². The van der Waals surface area contributed by atoms with E-state index in [1.807, 2.05) is 13.8 Å². The molecule has 1 rings (SSSR count). The molecule has 0 aliphatic heterocycles. The predicted molar refractivity (Wildman–Crippen MR) is 67.3 cm³/mol. The molecule has 16 heavy (non-hydrogen) atoms. The van der Waals surface area contributed by atoms with Crippen molar-refractivity contribution in [3.63, 3.8) is 0 Å². The van der Waals surface area contributed by atoms with Crippen molar-refractivity contribution in [1.29, 1.82) is 0 Å². The van der Waals surface area contributed by atoms with Crippen molar-refractivity contribution in [3.05, 3.63) is 58.6 Å². The van der Waals surface area contributed by atoms with Gasteiger partial charge in [-0.15, -0.1) is 0 Å². The van der Waals surface area contributed by atoms with E-state index in [-0.39, 0.29) is 5.56 Å². The zero-order valence-electron chi connectivity index (χ0n) is 9.95. The van der Waals surface area contributed by atoms with E-state index >= 15 is 0 Å². The van der Waals surface area contributed by atoms with Crippen molar-refractivity contribution in [2.75, 3.05) is 0 Å². The lowest BCUT2D eigenvalue weighted by Crippen LogP contribution is -2.24. The van der Waals surface area contributed by atoms with E-state index in [9.17, 15) is 4.79 Å². The van der Waals surface area contributed by atoms with Gasteiger partial charge in [0, 0.05) is 5.56 Å². The van der Waals surface area contributed by atoms with Gasteiger partial charge in [0.25, 0.3) is 5.56 Å². The van der Waals surface area contributed by atoms with Crippen LogP contribution in [0.4, 0.5) is 0 Å². The molecule has 0 unspecified atom stereocenters. The molecule has 0 saturated carbocycles. The van der Waals surface area contributed by atoms with Crippen molar-refractivity contribution in [2.45, 2.75) is 20.8 Å². The summed E-state index contributed by atoms with van der Waals surface area (Å²) in [5, 5.41) is 4.09. The molecule has 0 aromatic carbocycles. The van der Waals surface area contributed by atoms with Crippen LogP contribution in [0.5, 0.6) is 0 Å². The van der Waals surface area contributed by atoms with Crippen molar-refractivity contribution in [3.8, 4) is 0 Å². The van der Waals surface area contributed by atoms with E-state index in [4.69, 9.17) is 0 Å². The second kappa shape index (κ2) is 4.75. The van der Waals surface area contributed by atoms with Gasteiger partial charge in [0.1, 0.15) is 0 Å². The third kappa shape index (κ3) is 2.37. The maximum Gasteiger partial charge on any atom is 0.274 e. The standard InChI is InChI=1S/C13H16N2O/c1-6-12(7-9(2)3)15-13(16)11(5)10(4)8-14-15/h6-8H,1-2H2,3-5H3/b12-7+. The van der Waals surface area contributed by atoms with E-state index < -0.39 is 0 Å². The molecule has 0 bridgehead atoms. The summed E-state index contributed by atoms with van der Waals surface area (Å²) in [5.74, 6) is 0. The van der Waals surface area contributed by atoms with Crippen LogP contribution in [0.2, 0.25) is 0 Å². The van der Waals surface area contributed by atoms with Crippen molar-refractivity contribution >= 4 is 5.70 Å². The maximum atomic E-state index is 12.0. The van der Waals surface area contributed by atoms with Crippen LogP contribution in [0.25, 0.3) is 5.70 Å². The molecule has 0 radical (unpaired) electrons. The number of aromatic nitrogens is 2. The Labute approximate surface area is 95.4 Å². The largest absolute Gasteiger partial charge is 0.274 e. The predicted octanol–water partition coefficient (Wildman–Crippen LogP) is 2.46. The van der Waals surface area contributed by atoms with Gasteiger partial charge in [0.05, 0.1) is 11.9 Å². The molecule has 0 spiro atoms. The van der Waals surface area contributed by atoms with Crippen molar-refractivity contribution in [2.24, 2.45) is 0 Å². The number of nitrogens with zero attached hydrogens (tertiary/aromatic N) is 2. The first-order valence-corrected chi connectivity index (χ1v) is 5.03. The van der Waals surface area contributed by atoms with Gasteiger partial charge >= 0.3 is 0 Å². The highest BCUT2D eigenvalue weighted by atomic mass is 16.1. The van der Waals surface area contributed by atoms with Gasteiger partial charge in [-0.1, -0.05) is 18.7 Å². The fourth-order valence-electron chi connectivity index (χ4n) is 1.26. The molecule has 0 fully saturated rings. The van der Waals surface area contributed by atoms with Crippen molar-refractivity contribution < 1.29 is 0 Å². The van der Waals surface area contributed by atoms with Crippen LogP contribution in [0.1, 0.15) is 18.1 Å². The lowest BCUT2D eigenvalue weighted by molar-refractivity contribution is 0.811. The average Bonchev–Trinajstić information content (AvgIpc) is 2.23. The highest BCUT2D eigenvalue weighted by molar-refractivity contribution is 5.58. The lowest BCUT2D eigenvalue weighted by Gasteiger charge is -2.07. The molecule has 0 atom stereocenters. The molecule has 1 heterocycles. The van der Waals surface area contributed by atoms with Crippen LogP contribution in [0.3, 0.4) is 0 Å². The third-order valence-corrected chi connectivity index (χ3v) is 2.32. The molecule has 0 amide bonds. The number of hydrogen-bond donors (Lipinski definition) is 0. The number of hydrogen-bond acceptors (Lipinski definition) is 2. The van der Waals surface area contributed by atoms with Crippen molar-refractivity contribution in [1.82, 2.24) is 9.78 Å². The molecule has 0 saturated heterocycles. The summed E-state index contributed by atoms with van der Waals surface area (Å²) >= 11 is 0. The van der Waals surface area contributed by atoms with Crippen LogP contribution in [-0.2, 0) is 0 Å². The molecule has 1 aromatic rings. The molecule has 0 aliphatic rings. The highest BCUT2D eigenvalue weighted by Gasteiger charge is 2.05. The summed E-state index contributed by atoms with van der Waals surface area (Å²) in [6.07, 6.45) is 5.04. The van der Waals surface area contributed by atoms with Crippen LogP contribution >= 0.6 is 0 Å². The van der Waals surface area contributed by atoms with E-state index in [0.29, 0.717) is 11.3 Å². The molecule has 3 heteroatoms. The summed E-state index contributed by atoms with van der Waals surface area (Å²) in [6.45, 7) is 13.0. The summed E-state index contributed by atoms with van der Waals surface area (Å²) in [7, 11) is 0. The average molecular weight is 216 g/mol. The van der Waals surface area contributed by atoms with E-state index in [2.05, 4.69) is 18.3 Å². The first-order valence-electron chi connectivity index (χ1n) is 5.03. The van der Waals surface area contributed by atoms with Gasteiger partial charge in [-0.25, -0.2) is 0 Å². The van der Waals surface area contributed by atoms with E-state index in [0.717, 1.165) is 11.1 Å². The molecular formula is C13H16N2O. The lowest BCUT2D eigenvalue weighted by atomic mass is 10.2. The molecule has 3 nitrogen and oxygen atoms in total. The minimum Gasteiger partial charge on any atom is -0.267 e. The van der Waals surface area contributed by atoms with Gasteiger partial charge in [-0.3, -0.25) is 4.79 Å². The summed E-state index contributed by atoms with van der Waals surface area (Å²) in [5.41, 5.74) is 2.96. The number of allylic oxidation sites excluding steroid dienone is 4. The maximum absolute atomic E-state index is 12.0. The van der Waals surface area contributed by atoms with Gasteiger partial charge in [0.15, 0.2) is 0 Å². The molecule has 84 valence electrons. The molecule has 0 aliphatic carbocycles. The Kier molecular flexibility index (Phi) is 3.61. The number of rotatable bonds is 3. The summed E-state index contributed by atoms with van der Waals surface area (Å²) in [4.78, 5) is 12.0. The first-order chi connectivity index (χ1) is 7.47. The fourth-order valence-corrected chi connectivity index (χ4v) is 1.26. The van der Waals surface area contributed by atoms with Crippen LogP contribution in [0, 0.1) is 13.8 Å². The van der Waals surface area contributed by atoms with E-state index in [1.54, 1.807) is 25.3 Å². The Bertz CT molecular complexity index is 521. The SMILES string of the molecule is C=C/C(=C\C(=C)C)n1ncc(C)c(C)c1=O. The molecular weight excluding hydrogens is 200 g/mol. The fraction of sp³-hybridized carbons (Fsp3) is 0.231. The highest BCUT2D eigenvalue weighted by Crippen LogP contribution is 2.06. The second-order valence-electron chi connectivity index (χ2n) is 3.79. The summed E-state index contributed by atoms with van der Waals surface area (Å²) < 4.78 is 1.34. The smallest absolute Gasteiger partial charge is 0.267 e. The quantitative estimate of drug-likeness (QED) is 0.727. The zero-order valence-corrected chi connectivity index (χ0v) is 9.95. The van der Waals surface area contributed by atoms with Crippen LogP contribution in [-0.4, -0.2) is 9.78 Å². The Hall–Kier alpha value is -1.90. The summed E-state index contributed by atoms with van der Waals surface area (Å²) in [6, 6.07) is 0. The Balaban J connectivity index is 3.44. The topological polar surface area (TPSA) is 34.9 Å². The van der Waals surface area contributed by atoms with Gasteiger partial charge in [-0.05, 0) is 38.5 Å². The molecule has 1 aromatic heterocycles. The van der Waals surface area contributed by atoms with Gasteiger partial charge in [0.2, 0.25) is 0 Å². The zero-order chi connectivity index (χ0) is 12.3. The first kappa shape index (κ1) is 12.2. The van der Waals surface area contributed by atoms with Gasteiger partial charge < -0.3 is 0 Å². The Morgan fingerprint density at radius 3 is 2.62 bits per heavy atom. The minimum absolute atomic E-state index is 0.118. The van der Waals surface area contributed by atoms with E-state index in [1.165, 1.54) is 4.68 Å². The van der Waals surface area contributed by atoms with Gasteiger partial charge in [-0.2, -0.15) is 9.78 Å². The van der Waals surface area contributed by atoms with Crippen LogP contribution < -0.4 is 5.56 Å². The second-order valence-corrected chi connectivity index (χ2v) is 3.79. The Morgan fingerprint density at radius 2 is 2.12 bits per heavy atom.